The molecular formula is C6H9NOS. The van der Waals surface area contributed by atoms with Crippen LogP contribution in [0, 0.1) is 0 Å². The van der Waals surface area contributed by atoms with Gasteiger partial charge in [0.15, 0.2) is 0 Å². The number of aliphatic imine (C=N–C) groups is 1. The first-order valence-corrected chi connectivity index (χ1v) is 3.78. The lowest BCUT2D eigenvalue weighted by molar-refractivity contribution is -0.108. The van der Waals surface area contributed by atoms with Crippen molar-refractivity contribution in [1.29, 1.82) is 0 Å². The Morgan fingerprint density at radius 3 is 2.67 bits per heavy atom. The Kier molecular flexibility index (Phi) is 1.90. The lowest BCUT2D eigenvalue weighted by Crippen LogP contribution is -2.14. The molecule has 0 fully saturated rings. The first kappa shape index (κ1) is 6.81. The highest BCUT2D eigenvalue weighted by atomic mass is 32.2. The molecule has 50 valence electrons. The number of thioether (sulfide) groups is 1. The molecule has 0 aromatic heterocycles. The van der Waals surface area contributed by atoms with Gasteiger partial charge in [0.1, 0.15) is 12.3 Å². The van der Waals surface area contributed by atoms with Gasteiger partial charge in [-0.05, 0) is 6.92 Å². The summed E-state index contributed by atoms with van der Waals surface area (Å²) in [5.41, 5.74) is 0. The molecule has 0 N–H and O–H groups in total. The molecule has 3 heteroatoms. The Morgan fingerprint density at radius 2 is 2.44 bits per heavy atom. The zero-order valence-corrected chi connectivity index (χ0v) is 6.31. The topological polar surface area (TPSA) is 29.4 Å². The van der Waals surface area contributed by atoms with Gasteiger partial charge in [0, 0.05) is 5.25 Å². The number of nitrogens with zero attached hydrogens (tertiary/aromatic N) is 1. The fourth-order valence-electron chi connectivity index (χ4n) is 0.825. The predicted octanol–water partition coefficient (Wildman–Crippen LogP) is 1.11. The van der Waals surface area contributed by atoms with Crippen molar-refractivity contribution in [3.8, 4) is 0 Å². The van der Waals surface area contributed by atoms with E-state index in [1.807, 2.05) is 13.8 Å². The first-order chi connectivity index (χ1) is 4.24. The minimum atomic E-state index is -0.0880. The standard InChI is InChI=1S/C6H9NOS/c1-4-6(3-8)7-5(2)9-4/h3-4,6H,1-2H3. The van der Waals surface area contributed by atoms with Crippen molar-refractivity contribution < 1.29 is 4.79 Å². The largest absolute Gasteiger partial charge is 0.301 e. The maximum Gasteiger partial charge on any atom is 0.145 e. The highest BCUT2D eigenvalue weighted by Gasteiger charge is 2.22. The van der Waals surface area contributed by atoms with E-state index >= 15 is 0 Å². The summed E-state index contributed by atoms with van der Waals surface area (Å²) in [5.74, 6) is 0. The van der Waals surface area contributed by atoms with Gasteiger partial charge in [-0.2, -0.15) is 0 Å². The number of aldehydes is 1. The summed E-state index contributed by atoms with van der Waals surface area (Å²) in [6, 6.07) is -0.0880. The molecule has 1 aliphatic rings. The van der Waals surface area contributed by atoms with Crippen molar-refractivity contribution in [2.75, 3.05) is 0 Å². The third-order valence-electron chi connectivity index (χ3n) is 1.31. The minimum absolute atomic E-state index is 0.0880. The summed E-state index contributed by atoms with van der Waals surface area (Å²) >= 11 is 1.67. The van der Waals surface area contributed by atoms with Gasteiger partial charge in [-0.25, -0.2) is 0 Å². The second-order valence-electron chi connectivity index (χ2n) is 2.10. The Balaban J connectivity index is 2.63. The van der Waals surface area contributed by atoms with Crippen LogP contribution in [-0.2, 0) is 4.79 Å². The van der Waals surface area contributed by atoms with Crippen LogP contribution in [-0.4, -0.2) is 22.6 Å². The van der Waals surface area contributed by atoms with Crippen LogP contribution in [0.5, 0.6) is 0 Å². The van der Waals surface area contributed by atoms with E-state index in [1.54, 1.807) is 11.8 Å². The summed E-state index contributed by atoms with van der Waals surface area (Å²) in [7, 11) is 0. The average Bonchev–Trinajstić information content (AvgIpc) is 2.10. The lowest BCUT2D eigenvalue weighted by atomic mass is 10.3. The van der Waals surface area contributed by atoms with E-state index in [0.29, 0.717) is 5.25 Å². The quantitative estimate of drug-likeness (QED) is 0.514. The Hall–Kier alpha value is -0.310. The Morgan fingerprint density at radius 1 is 1.78 bits per heavy atom. The van der Waals surface area contributed by atoms with Crippen molar-refractivity contribution in [1.82, 2.24) is 0 Å². The molecule has 2 atom stereocenters. The third kappa shape index (κ3) is 1.33. The fraction of sp³-hybridized carbons (Fsp3) is 0.667. The summed E-state index contributed by atoms with van der Waals surface area (Å²) in [5, 5.41) is 1.38. The van der Waals surface area contributed by atoms with Gasteiger partial charge in [-0.3, -0.25) is 4.99 Å². The number of rotatable bonds is 1. The molecule has 0 amide bonds. The number of carbonyl (C=O) groups is 1. The molecule has 0 spiro atoms. The summed E-state index contributed by atoms with van der Waals surface area (Å²) in [6.07, 6.45) is 0.911. The molecule has 2 unspecified atom stereocenters. The van der Waals surface area contributed by atoms with E-state index in [4.69, 9.17) is 0 Å². The minimum Gasteiger partial charge on any atom is -0.301 e. The first-order valence-electron chi connectivity index (χ1n) is 2.90. The molecule has 2 nitrogen and oxygen atoms in total. The smallest absolute Gasteiger partial charge is 0.145 e. The normalized spacial score (nSPS) is 34.2. The Bertz CT molecular complexity index is 155. The molecule has 1 aliphatic heterocycles. The van der Waals surface area contributed by atoms with Crippen molar-refractivity contribution in [2.24, 2.45) is 4.99 Å². The molecule has 0 bridgehead atoms. The third-order valence-corrected chi connectivity index (χ3v) is 2.40. The van der Waals surface area contributed by atoms with Crippen molar-refractivity contribution >= 4 is 23.1 Å². The highest BCUT2D eigenvalue weighted by Crippen LogP contribution is 2.24. The summed E-state index contributed by atoms with van der Waals surface area (Å²) < 4.78 is 0. The van der Waals surface area contributed by atoms with Crippen LogP contribution in [0.3, 0.4) is 0 Å². The van der Waals surface area contributed by atoms with Crippen molar-refractivity contribution in [3.63, 3.8) is 0 Å². The van der Waals surface area contributed by atoms with Crippen molar-refractivity contribution in [3.05, 3.63) is 0 Å². The maximum absolute atomic E-state index is 10.2. The van der Waals surface area contributed by atoms with E-state index in [0.717, 1.165) is 11.3 Å². The number of hydrogen-bond acceptors (Lipinski definition) is 3. The Labute approximate surface area is 58.7 Å². The predicted molar refractivity (Wildman–Crippen MR) is 40.0 cm³/mol. The summed E-state index contributed by atoms with van der Waals surface area (Å²) in [4.78, 5) is 14.3. The fourth-order valence-corrected chi connectivity index (χ4v) is 1.81. The molecule has 0 saturated carbocycles. The zero-order valence-electron chi connectivity index (χ0n) is 5.50. The molecule has 0 radical (unpaired) electrons. The van der Waals surface area contributed by atoms with Gasteiger partial charge in [-0.1, -0.05) is 6.92 Å². The zero-order chi connectivity index (χ0) is 6.85. The monoisotopic (exact) mass is 143 g/mol. The molecule has 0 saturated heterocycles. The molecule has 9 heavy (non-hydrogen) atoms. The van der Waals surface area contributed by atoms with Gasteiger partial charge < -0.3 is 4.79 Å². The van der Waals surface area contributed by atoms with Crippen LogP contribution < -0.4 is 0 Å². The number of hydrogen-bond donors (Lipinski definition) is 0. The van der Waals surface area contributed by atoms with Gasteiger partial charge in [0.2, 0.25) is 0 Å². The van der Waals surface area contributed by atoms with E-state index < -0.39 is 0 Å². The lowest BCUT2D eigenvalue weighted by Gasteiger charge is -2.01. The van der Waals surface area contributed by atoms with E-state index in [1.165, 1.54) is 0 Å². The number of carbonyl (C=O) groups excluding carboxylic acids is 1. The van der Waals surface area contributed by atoms with Crippen LogP contribution in [0.15, 0.2) is 4.99 Å². The molecule has 0 aliphatic carbocycles. The van der Waals surface area contributed by atoms with Crippen LogP contribution >= 0.6 is 11.8 Å². The summed E-state index contributed by atoms with van der Waals surface area (Å²) in [6.45, 7) is 3.95. The van der Waals surface area contributed by atoms with Crippen LogP contribution in [0.1, 0.15) is 13.8 Å². The van der Waals surface area contributed by atoms with Gasteiger partial charge in [-0.15, -0.1) is 11.8 Å². The van der Waals surface area contributed by atoms with E-state index in [9.17, 15) is 4.79 Å². The van der Waals surface area contributed by atoms with Crippen molar-refractivity contribution in [2.45, 2.75) is 25.1 Å². The molecular weight excluding hydrogens is 134 g/mol. The molecule has 0 aromatic carbocycles. The average molecular weight is 143 g/mol. The maximum atomic E-state index is 10.2. The van der Waals surface area contributed by atoms with Crippen LogP contribution in [0.25, 0.3) is 0 Å². The van der Waals surface area contributed by atoms with Crippen LogP contribution in [0.4, 0.5) is 0 Å². The van der Waals surface area contributed by atoms with Gasteiger partial charge in [0.25, 0.3) is 0 Å². The van der Waals surface area contributed by atoms with E-state index in [2.05, 4.69) is 4.99 Å². The van der Waals surface area contributed by atoms with Crippen LogP contribution in [0.2, 0.25) is 0 Å². The van der Waals surface area contributed by atoms with Gasteiger partial charge in [0.05, 0.1) is 5.04 Å². The molecule has 0 aromatic rings. The molecule has 1 rings (SSSR count). The van der Waals surface area contributed by atoms with E-state index in [-0.39, 0.29) is 6.04 Å². The second kappa shape index (κ2) is 2.52. The highest BCUT2D eigenvalue weighted by molar-refractivity contribution is 8.14. The SMILES string of the molecule is CC1=NC(C=O)C(C)S1. The van der Waals surface area contributed by atoms with Gasteiger partial charge >= 0.3 is 0 Å². The molecule has 1 heterocycles. The second-order valence-corrected chi connectivity index (χ2v) is 3.67.